The molecular weight excluding hydrogens is 640 g/mol. The van der Waals surface area contributed by atoms with Crippen molar-refractivity contribution in [1.29, 1.82) is 0 Å². The van der Waals surface area contributed by atoms with Gasteiger partial charge in [-0.25, -0.2) is 14.6 Å². The number of likely N-dealkylation sites (tertiary alicyclic amines) is 1. The van der Waals surface area contributed by atoms with Crippen molar-refractivity contribution in [3.05, 3.63) is 89.0 Å². The van der Waals surface area contributed by atoms with Crippen molar-refractivity contribution in [2.45, 2.75) is 70.6 Å². The molecule has 3 N–H and O–H groups in total. The lowest BCUT2D eigenvalue weighted by Crippen LogP contribution is -2.59. The second-order valence-corrected chi connectivity index (χ2v) is 14.1. The zero-order valence-corrected chi connectivity index (χ0v) is 29.3. The number of hydrogen-bond acceptors (Lipinski definition) is 9. The van der Waals surface area contributed by atoms with Crippen LogP contribution < -0.4 is 10.6 Å². The fourth-order valence-corrected chi connectivity index (χ4v) is 6.94. The second-order valence-electron chi connectivity index (χ2n) is 14.1. The van der Waals surface area contributed by atoms with Crippen LogP contribution in [0.5, 0.6) is 0 Å². The average molecular weight is 687 g/mol. The minimum Gasteiger partial charge on any atom is -0.482 e. The number of aliphatic imine (C=N–C) groups is 1. The van der Waals surface area contributed by atoms with Gasteiger partial charge in [-0.05, 0) is 64.8 Å². The Balaban J connectivity index is 1.16. The molecule has 5 rings (SSSR count). The van der Waals surface area contributed by atoms with Crippen molar-refractivity contribution >= 4 is 30.3 Å². The van der Waals surface area contributed by atoms with Gasteiger partial charge in [0, 0.05) is 55.5 Å². The number of amides is 3. The molecule has 4 atom stereocenters. The van der Waals surface area contributed by atoms with Crippen LogP contribution in [-0.2, 0) is 31.9 Å². The summed E-state index contributed by atoms with van der Waals surface area (Å²) in [5.41, 5.74) is 1.56. The molecule has 3 amide bonds. The van der Waals surface area contributed by atoms with Gasteiger partial charge in [-0.15, -0.1) is 0 Å². The quantitative estimate of drug-likeness (QED) is 0.172. The van der Waals surface area contributed by atoms with Gasteiger partial charge < -0.3 is 35.0 Å². The maximum absolute atomic E-state index is 13.7. The highest BCUT2D eigenvalue weighted by Crippen LogP contribution is 2.47. The van der Waals surface area contributed by atoms with Crippen molar-refractivity contribution in [1.82, 2.24) is 25.4 Å². The third kappa shape index (κ3) is 7.88. The zero-order valence-electron chi connectivity index (χ0n) is 29.3. The van der Waals surface area contributed by atoms with Crippen LogP contribution in [0.2, 0.25) is 0 Å². The normalized spacial score (nSPS) is 23.4. The molecule has 266 valence electrons. The molecule has 1 saturated heterocycles. The van der Waals surface area contributed by atoms with Crippen LogP contribution in [0, 0.1) is 5.41 Å². The van der Waals surface area contributed by atoms with Gasteiger partial charge in [-0.2, -0.15) is 0 Å². The largest absolute Gasteiger partial charge is 0.482 e. The van der Waals surface area contributed by atoms with E-state index in [4.69, 9.17) is 9.47 Å². The van der Waals surface area contributed by atoms with Gasteiger partial charge in [0.1, 0.15) is 24.1 Å². The standard InChI is InChI=1S/C37H46N6O7/c1-7-28-31(41-34(47)37(28)19-25-17-26(33(45)46)21-38-30(25)20-37)39-22-49-16-15-42(6)13-14-43-23(2)27(24-11-9-8-10-12-24)18-29(32(43)44)40-35(48)50-36(3,4)5/h7-12,17,21-23,27,29H,1,13-16,18-20H2,2-6H3,(H,40,48)(H,41,47)(H,45,46)/b39-22-/t23?,27?,29?,37-/m0/s1. The van der Waals surface area contributed by atoms with Crippen molar-refractivity contribution < 1.29 is 33.8 Å². The number of aromatic carboxylic acids is 1. The first-order chi connectivity index (χ1) is 23.7. The molecule has 2 aliphatic heterocycles. The number of likely N-dealkylation sites (N-methyl/N-ethyl adjacent to an activating group) is 1. The van der Waals surface area contributed by atoms with E-state index in [9.17, 15) is 24.3 Å². The fraction of sp³-hybridized carbons (Fsp3) is 0.459. The molecule has 50 heavy (non-hydrogen) atoms. The van der Waals surface area contributed by atoms with Gasteiger partial charge in [0.15, 0.2) is 6.40 Å². The molecule has 2 aromatic rings. The van der Waals surface area contributed by atoms with Gasteiger partial charge >= 0.3 is 12.1 Å². The summed E-state index contributed by atoms with van der Waals surface area (Å²) in [5.74, 6) is -1.09. The Kier molecular flexibility index (Phi) is 10.8. The van der Waals surface area contributed by atoms with Crippen LogP contribution in [0.15, 0.2) is 71.6 Å². The zero-order chi connectivity index (χ0) is 36.2. The summed E-state index contributed by atoms with van der Waals surface area (Å²) in [7, 11) is 1.94. The number of rotatable bonds is 12. The Morgan fingerprint density at radius 2 is 1.96 bits per heavy atom. The minimum atomic E-state index is -1.07. The number of fused-ring (bicyclic) bond motifs is 1. The number of alkyl carbamates (subject to hydrolysis) is 1. The number of nitrogens with zero attached hydrogens (tertiary/aromatic N) is 4. The lowest BCUT2D eigenvalue weighted by molar-refractivity contribution is -0.140. The number of piperidine rings is 1. The van der Waals surface area contributed by atoms with E-state index in [-0.39, 0.29) is 29.3 Å². The Labute approximate surface area is 292 Å². The molecule has 3 aliphatic rings. The number of carbonyl (C=O) groups excluding carboxylic acids is 3. The van der Waals surface area contributed by atoms with Crippen molar-refractivity contribution in [3.63, 3.8) is 0 Å². The fourth-order valence-electron chi connectivity index (χ4n) is 6.94. The molecule has 1 aromatic carbocycles. The van der Waals surface area contributed by atoms with E-state index in [0.717, 1.165) is 11.1 Å². The maximum Gasteiger partial charge on any atom is 0.408 e. The van der Waals surface area contributed by atoms with Crippen LogP contribution in [0.25, 0.3) is 0 Å². The van der Waals surface area contributed by atoms with E-state index in [2.05, 4.69) is 39.3 Å². The summed E-state index contributed by atoms with van der Waals surface area (Å²) < 4.78 is 11.1. The summed E-state index contributed by atoms with van der Waals surface area (Å²) in [5, 5.41) is 15.0. The van der Waals surface area contributed by atoms with Crippen LogP contribution in [0.3, 0.4) is 0 Å². The smallest absolute Gasteiger partial charge is 0.408 e. The van der Waals surface area contributed by atoms with E-state index >= 15 is 0 Å². The van der Waals surface area contributed by atoms with Gasteiger partial charge in [-0.3, -0.25) is 14.6 Å². The molecule has 1 aliphatic carbocycles. The van der Waals surface area contributed by atoms with E-state index < -0.39 is 29.1 Å². The van der Waals surface area contributed by atoms with Crippen LogP contribution in [-0.4, -0.2) is 101 Å². The predicted molar refractivity (Wildman–Crippen MR) is 186 cm³/mol. The van der Waals surface area contributed by atoms with Gasteiger partial charge in [0.05, 0.1) is 11.0 Å². The molecule has 1 fully saturated rings. The summed E-state index contributed by atoms with van der Waals surface area (Å²) in [4.78, 5) is 63.5. The van der Waals surface area contributed by atoms with Gasteiger partial charge in [0.25, 0.3) is 0 Å². The molecule has 3 heterocycles. The molecule has 1 aromatic heterocycles. The lowest BCUT2D eigenvalue weighted by Gasteiger charge is -2.43. The highest BCUT2D eigenvalue weighted by atomic mass is 16.6. The Bertz CT molecular complexity index is 1700. The van der Waals surface area contributed by atoms with E-state index in [1.807, 2.05) is 42.0 Å². The Morgan fingerprint density at radius 3 is 2.64 bits per heavy atom. The van der Waals surface area contributed by atoms with E-state index in [1.54, 1.807) is 32.9 Å². The second kappa shape index (κ2) is 14.8. The molecule has 0 saturated carbocycles. The number of ether oxygens (including phenoxy) is 2. The molecule has 13 nitrogen and oxygen atoms in total. The summed E-state index contributed by atoms with van der Waals surface area (Å²) in [6.45, 7) is 13.2. The lowest BCUT2D eigenvalue weighted by atomic mass is 9.78. The number of benzene rings is 1. The van der Waals surface area contributed by atoms with Crippen LogP contribution >= 0.6 is 0 Å². The highest BCUT2D eigenvalue weighted by Gasteiger charge is 2.52. The van der Waals surface area contributed by atoms with Gasteiger partial charge in [0.2, 0.25) is 11.8 Å². The first-order valence-electron chi connectivity index (χ1n) is 16.8. The SMILES string of the molecule is C=CC1=C(/N=C\OCCN(C)CCN2C(=O)C(NC(=O)OC(C)(C)C)CC(c3ccccc3)C2C)NC(=O)[C@]12Cc1cc(C(=O)O)cnc1C2. The number of carbonyl (C=O) groups is 4. The molecule has 0 radical (unpaired) electrons. The van der Waals surface area contributed by atoms with Gasteiger partial charge in [-0.1, -0.05) is 43.0 Å². The predicted octanol–water partition coefficient (Wildman–Crippen LogP) is 3.67. The molecular formula is C37H46N6O7. The average Bonchev–Trinajstić information content (AvgIpc) is 3.56. The first-order valence-corrected chi connectivity index (χ1v) is 16.8. The third-order valence-corrected chi connectivity index (χ3v) is 9.54. The summed E-state index contributed by atoms with van der Waals surface area (Å²) in [6.07, 6.45) is 4.68. The number of hydrogen-bond donors (Lipinski definition) is 3. The highest BCUT2D eigenvalue weighted by molar-refractivity contribution is 5.94. The number of pyridine rings is 1. The summed E-state index contributed by atoms with van der Waals surface area (Å²) >= 11 is 0. The Morgan fingerprint density at radius 1 is 1.22 bits per heavy atom. The van der Waals surface area contributed by atoms with Crippen molar-refractivity contribution in [2.24, 2.45) is 10.4 Å². The number of nitrogens with one attached hydrogen (secondary N) is 2. The monoisotopic (exact) mass is 686 g/mol. The molecule has 1 spiro atoms. The molecule has 13 heteroatoms. The van der Waals surface area contributed by atoms with E-state index in [0.29, 0.717) is 62.6 Å². The van der Waals surface area contributed by atoms with E-state index in [1.165, 1.54) is 12.6 Å². The van der Waals surface area contributed by atoms with Crippen LogP contribution in [0.1, 0.15) is 67.2 Å². The third-order valence-electron chi connectivity index (χ3n) is 9.54. The number of carboxylic acid groups (broad SMARTS) is 1. The summed E-state index contributed by atoms with van der Waals surface area (Å²) in [6, 6.07) is 10.8. The van der Waals surface area contributed by atoms with Crippen molar-refractivity contribution in [2.75, 3.05) is 33.3 Å². The first kappa shape index (κ1) is 36.2. The van der Waals surface area contributed by atoms with Crippen molar-refractivity contribution in [3.8, 4) is 0 Å². The topological polar surface area (TPSA) is 163 Å². The number of carboxylic acids is 1. The molecule has 0 bridgehead atoms. The number of allylic oxidation sites excluding steroid dienone is 1. The number of aromatic nitrogens is 1. The minimum absolute atomic E-state index is 0.0283. The maximum atomic E-state index is 13.7. The van der Waals surface area contributed by atoms with Crippen LogP contribution in [0.4, 0.5) is 4.79 Å². The Hall–Kier alpha value is -5.04. The molecule has 3 unspecified atom stereocenters.